The number of aryl methyl sites for hydroxylation is 1. The Bertz CT molecular complexity index is 600. The van der Waals surface area contributed by atoms with E-state index >= 15 is 0 Å². The lowest BCUT2D eigenvalue weighted by Crippen LogP contribution is -2.16. The van der Waals surface area contributed by atoms with E-state index in [1.807, 2.05) is 32.4 Å². The second-order valence-electron chi connectivity index (χ2n) is 5.61. The normalized spacial score (nSPS) is 11.0. The number of rotatable bonds is 9. The van der Waals surface area contributed by atoms with Gasteiger partial charge in [0, 0.05) is 25.5 Å². The van der Waals surface area contributed by atoms with Gasteiger partial charge in [0.25, 0.3) is 0 Å². The summed E-state index contributed by atoms with van der Waals surface area (Å²) in [5, 5.41) is 3.45. The zero-order valence-corrected chi connectivity index (χ0v) is 15.5. The van der Waals surface area contributed by atoms with Gasteiger partial charge < -0.3 is 19.4 Å². The van der Waals surface area contributed by atoms with Crippen molar-refractivity contribution in [1.29, 1.82) is 0 Å². The maximum atomic E-state index is 5.81. The Hall–Kier alpha value is -1.53. The molecule has 0 radical (unpaired) electrons. The van der Waals surface area contributed by atoms with Gasteiger partial charge in [-0.15, -0.1) is 0 Å². The fraction of sp³-hybridized carbons (Fsp3) is 0.471. The first kappa shape index (κ1) is 17.8. The second kappa shape index (κ2) is 8.93. The molecule has 0 amide bonds. The molecule has 1 N–H and O–H groups in total. The van der Waals surface area contributed by atoms with Crippen molar-refractivity contribution in [2.45, 2.75) is 39.5 Å². The standard InChI is InChI=1S/C17H24BrN3O2/c1-13(2)23-17-15(18)9-14(10-16(17)22-3)11-19-5-4-7-21-8-6-20-12-21/h6,8-10,12-13,19H,4-5,7,11H2,1-3H3. The molecule has 0 aliphatic heterocycles. The Morgan fingerprint density at radius 3 is 2.83 bits per heavy atom. The van der Waals surface area contributed by atoms with E-state index in [0.717, 1.165) is 47.6 Å². The van der Waals surface area contributed by atoms with Gasteiger partial charge in [-0.3, -0.25) is 0 Å². The first-order valence-corrected chi connectivity index (χ1v) is 8.59. The molecule has 0 fully saturated rings. The van der Waals surface area contributed by atoms with Gasteiger partial charge in [0.15, 0.2) is 11.5 Å². The van der Waals surface area contributed by atoms with E-state index in [9.17, 15) is 0 Å². The molecular weight excluding hydrogens is 358 g/mol. The lowest BCUT2D eigenvalue weighted by atomic mass is 10.2. The Morgan fingerprint density at radius 2 is 2.17 bits per heavy atom. The van der Waals surface area contributed by atoms with Gasteiger partial charge in [0.2, 0.25) is 0 Å². The van der Waals surface area contributed by atoms with E-state index in [1.54, 1.807) is 13.3 Å². The minimum atomic E-state index is 0.104. The zero-order valence-electron chi connectivity index (χ0n) is 13.9. The van der Waals surface area contributed by atoms with Crippen LogP contribution in [0.4, 0.5) is 0 Å². The van der Waals surface area contributed by atoms with Crippen LogP contribution in [0.5, 0.6) is 11.5 Å². The number of methoxy groups -OCH3 is 1. The van der Waals surface area contributed by atoms with Crippen molar-refractivity contribution in [2.75, 3.05) is 13.7 Å². The van der Waals surface area contributed by atoms with Gasteiger partial charge in [0.05, 0.1) is 24.0 Å². The van der Waals surface area contributed by atoms with Crippen LogP contribution < -0.4 is 14.8 Å². The van der Waals surface area contributed by atoms with Gasteiger partial charge in [0.1, 0.15) is 0 Å². The largest absolute Gasteiger partial charge is 0.493 e. The van der Waals surface area contributed by atoms with Crippen molar-refractivity contribution < 1.29 is 9.47 Å². The maximum Gasteiger partial charge on any atom is 0.175 e. The van der Waals surface area contributed by atoms with Crippen LogP contribution in [0.15, 0.2) is 35.3 Å². The summed E-state index contributed by atoms with van der Waals surface area (Å²) in [5.74, 6) is 1.51. The van der Waals surface area contributed by atoms with Gasteiger partial charge in [-0.1, -0.05) is 0 Å². The molecule has 0 aliphatic rings. The van der Waals surface area contributed by atoms with Crippen molar-refractivity contribution in [2.24, 2.45) is 0 Å². The van der Waals surface area contributed by atoms with Crippen LogP contribution in [0.3, 0.4) is 0 Å². The molecule has 2 rings (SSSR count). The molecule has 0 atom stereocenters. The van der Waals surface area contributed by atoms with Gasteiger partial charge >= 0.3 is 0 Å². The highest BCUT2D eigenvalue weighted by Gasteiger charge is 2.12. The van der Waals surface area contributed by atoms with Crippen molar-refractivity contribution in [3.63, 3.8) is 0 Å². The summed E-state index contributed by atoms with van der Waals surface area (Å²) < 4.78 is 14.3. The molecule has 0 aliphatic carbocycles. The SMILES string of the molecule is COc1cc(CNCCCn2ccnc2)cc(Br)c1OC(C)C. The van der Waals surface area contributed by atoms with E-state index in [2.05, 4.69) is 36.9 Å². The number of nitrogens with zero attached hydrogens (tertiary/aromatic N) is 2. The third-order valence-corrected chi connectivity index (χ3v) is 3.89. The summed E-state index contributed by atoms with van der Waals surface area (Å²) in [6.45, 7) is 6.72. The summed E-state index contributed by atoms with van der Waals surface area (Å²) >= 11 is 3.57. The lowest BCUT2D eigenvalue weighted by molar-refractivity contribution is 0.228. The summed E-state index contributed by atoms with van der Waals surface area (Å²) in [5.41, 5.74) is 1.16. The highest BCUT2D eigenvalue weighted by Crippen LogP contribution is 2.37. The third-order valence-electron chi connectivity index (χ3n) is 3.30. The van der Waals surface area contributed by atoms with E-state index in [1.165, 1.54) is 0 Å². The van der Waals surface area contributed by atoms with Gasteiger partial charge in [-0.05, 0) is 60.4 Å². The summed E-state index contributed by atoms with van der Waals surface area (Å²) in [7, 11) is 1.66. The monoisotopic (exact) mass is 381 g/mol. The molecule has 2 aromatic rings. The summed E-state index contributed by atoms with van der Waals surface area (Å²) in [6.07, 6.45) is 6.79. The van der Waals surface area contributed by atoms with Crippen LogP contribution in [0.25, 0.3) is 0 Å². The summed E-state index contributed by atoms with van der Waals surface area (Å²) in [6, 6.07) is 4.09. The molecule has 1 heterocycles. The van der Waals surface area contributed by atoms with Crippen LogP contribution >= 0.6 is 15.9 Å². The highest BCUT2D eigenvalue weighted by atomic mass is 79.9. The number of ether oxygens (including phenoxy) is 2. The number of imidazole rings is 1. The molecule has 0 saturated carbocycles. The number of halogens is 1. The molecule has 23 heavy (non-hydrogen) atoms. The fourth-order valence-electron chi connectivity index (χ4n) is 2.26. The maximum absolute atomic E-state index is 5.81. The predicted octanol–water partition coefficient (Wildman–Crippen LogP) is 3.62. The average molecular weight is 382 g/mol. The van der Waals surface area contributed by atoms with Crippen molar-refractivity contribution >= 4 is 15.9 Å². The molecule has 0 saturated heterocycles. The smallest absolute Gasteiger partial charge is 0.175 e. The second-order valence-corrected chi connectivity index (χ2v) is 6.46. The molecule has 126 valence electrons. The quantitative estimate of drug-likeness (QED) is 0.673. The van der Waals surface area contributed by atoms with Crippen LogP contribution in [-0.2, 0) is 13.1 Å². The molecule has 1 aromatic carbocycles. The van der Waals surface area contributed by atoms with Crippen LogP contribution in [-0.4, -0.2) is 29.3 Å². The molecule has 0 spiro atoms. The van der Waals surface area contributed by atoms with E-state index in [4.69, 9.17) is 9.47 Å². The minimum Gasteiger partial charge on any atom is -0.493 e. The summed E-state index contributed by atoms with van der Waals surface area (Å²) in [4.78, 5) is 4.04. The molecule has 1 aromatic heterocycles. The third kappa shape index (κ3) is 5.55. The van der Waals surface area contributed by atoms with Crippen LogP contribution in [0, 0.1) is 0 Å². The van der Waals surface area contributed by atoms with Crippen LogP contribution in [0.2, 0.25) is 0 Å². The van der Waals surface area contributed by atoms with Crippen molar-refractivity contribution in [3.8, 4) is 11.5 Å². The Labute approximate surface area is 146 Å². The van der Waals surface area contributed by atoms with E-state index < -0.39 is 0 Å². The fourth-order valence-corrected chi connectivity index (χ4v) is 2.85. The Balaban J connectivity index is 1.86. The number of nitrogens with one attached hydrogen (secondary N) is 1. The van der Waals surface area contributed by atoms with Crippen molar-refractivity contribution in [1.82, 2.24) is 14.9 Å². The topological polar surface area (TPSA) is 48.3 Å². The first-order chi connectivity index (χ1) is 11.1. The Morgan fingerprint density at radius 1 is 1.35 bits per heavy atom. The number of aromatic nitrogens is 2. The minimum absolute atomic E-state index is 0.104. The van der Waals surface area contributed by atoms with E-state index in [0.29, 0.717) is 0 Å². The first-order valence-electron chi connectivity index (χ1n) is 7.79. The molecule has 0 unspecified atom stereocenters. The predicted molar refractivity (Wildman–Crippen MR) is 95.0 cm³/mol. The highest BCUT2D eigenvalue weighted by molar-refractivity contribution is 9.10. The van der Waals surface area contributed by atoms with E-state index in [-0.39, 0.29) is 6.10 Å². The molecular formula is C17H24BrN3O2. The number of benzene rings is 1. The van der Waals surface area contributed by atoms with Crippen molar-refractivity contribution in [3.05, 3.63) is 40.9 Å². The Kier molecular flexibility index (Phi) is 6.92. The molecule has 5 nitrogen and oxygen atoms in total. The number of hydrogen-bond donors (Lipinski definition) is 1. The number of hydrogen-bond acceptors (Lipinski definition) is 4. The molecule has 6 heteroatoms. The zero-order chi connectivity index (χ0) is 16.7. The lowest BCUT2D eigenvalue weighted by Gasteiger charge is -2.16. The molecule has 0 bridgehead atoms. The van der Waals surface area contributed by atoms with Crippen LogP contribution in [0.1, 0.15) is 25.8 Å². The average Bonchev–Trinajstić information content (AvgIpc) is 3.02. The van der Waals surface area contributed by atoms with Gasteiger partial charge in [-0.25, -0.2) is 4.98 Å². The van der Waals surface area contributed by atoms with Gasteiger partial charge in [-0.2, -0.15) is 0 Å².